The van der Waals surface area contributed by atoms with Crippen LogP contribution in [0.2, 0.25) is 0 Å². The number of carboxylic acids is 1. The summed E-state index contributed by atoms with van der Waals surface area (Å²) in [7, 11) is 0. The highest BCUT2D eigenvalue weighted by Gasteiger charge is 2.42. The lowest BCUT2D eigenvalue weighted by atomic mass is 9.82. The second-order valence-corrected chi connectivity index (χ2v) is 8.03. The summed E-state index contributed by atoms with van der Waals surface area (Å²) in [6, 6.07) is 0. The first-order valence-electron chi connectivity index (χ1n) is 10.3. The first-order valence-corrected chi connectivity index (χ1v) is 10.3. The van der Waals surface area contributed by atoms with E-state index in [0.717, 1.165) is 19.3 Å². The Morgan fingerprint density at radius 3 is 2.37 bits per heavy atom. The maximum Gasteiger partial charge on any atom is 0.305 e. The van der Waals surface area contributed by atoms with Crippen LogP contribution < -0.4 is 0 Å². The van der Waals surface area contributed by atoms with Gasteiger partial charge in [0.1, 0.15) is 5.78 Å². The quantitative estimate of drug-likeness (QED) is 0.403. The van der Waals surface area contributed by atoms with E-state index in [-0.39, 0.29) is 42.8 Å². The van der Waals surface area contributed by atoms with Gasteiger partial charge >= 0.3 is 11.9 Å². The van der Waals surface area contributed by atoms with Crippen molar-refractivity contribution in [2.75, 3.05) is 0 Å². The molecule has 0 aromatic carbocycles. The number of Topliss-reactive ketones (excluding diaryl/α,β-unsaturated/α-hetero) is 2. The lowest BCUT2D eigenvalue weighted by Crippen LogP contribution is -2.29. The minimum Gasteiger partial charge on any atom is -0.481 e. The van der Waals surface area contributed by atoms with Crippen molar-refractivity contribution in [1.82, 2.24) is 0 Å². The van der Waals surface area contributed by atoms with E-state index in [1.165, 1.54) is 0 Å². The lowest BCUT2D eigenvalue weighted by Gasteiger charge is -2.23. The summed E-state index contributed by atoms with van der Waals surface area (Å²) in [5, 5.41) is 8.62. The Morgan fingerprint density at radius 1 is 1.07 bits per heavy atom. The van der Waals surface area contributed by atoms with Crippen molar-refractivity contribution in [3.63, 3.8) is 0 Å². The zero-order chi connectivity index (χ0) is 20.4. The monoisotopic (exact) mass is 388 g/mol. The van der Waals surface area contributed by atoms with E-state index in [0.29, 0.717) is 38.5 Å². The number of aliphatic carboxylic acids is 1. The smallest absolute Gasteiger partial charge is 0.305 e. The summed E-state index contributed by atoms with van der Waals surface area (Å²) in [6.45, 7) is 3.79. The van der Waals surface area contributed by atoms with Crippen molar-refractivity contribution in [1.29, 1.82) is 0 Å². The standard InChI is InChI=1S/C21H34F2O4/c1-3-4-13-21(22,23)19(25)12-11-16-15(2)14-18(24)17(16)9-7-5-6-8-10-20(26)27/h15-17H,3-14H2,1-2H3,(H,26,27)/t15-,16+,17-/m1/s1. The molecule has 1 rings (SSSR count). The first-order chi connectivity index (χ1) is 12.7. The van der Waals surface area contributed by atoms with Crippen LogP contribution in [-0.4, -0.2) is 28.6 Å². The van der Waals surface area contributed by atoms with Crippen molar-refractivity contribution in [2.24, 2.45) is 17.8 Å². The number of rotatable bonds is 14. The lowest BCUT2D eigenvalue weighted by molar-refractivity contribution is -0.144. The predicted molar refractivity (Wildman–Crippen MR) is 99.8 cm³/mol. The van der Waals surface area contributed by atoms with Crippen molar-refractivity contribution in [3.8, 4) is 0 Å². The van der Waals surface area contributed by atoms with E-state index >= 15 is 0 Å². The van der Waals surface area contributed by atoms with Crippen molar-refractivity contribution in [3.05, 3.63) is 0 Å². The molecular weight excluding hydrogens is 354 g/mol. The molecule has 0 unspecified atom stereocenters. The summed E-state index contributed by atoms with van der Waals surface area (Å²) in [5.41, 5.74) is 0. The molecule has 27 heavy (non-hydrogen) atoms. The molecule has 0 radical (unpaired) electrons. The van der Waals surface area contributed by atoms with E-state index in [1.807, 2.05) is 13.8 Å². The summed E-state index contributed by atoms with van der Waals surface area (Å²) in [6.07, 6.45) is 5.27. The molecule has 0 aromatic heterocycles. The van der Waals surface area contributed by atoms with Gasteiger partial charge in [-0.1, -0.05) is 39.5 Å². The topological polar surface area (TPSA) is 71.4 Å². The maximum absolute atomic E-state index is 13.9. The van der Waals surface area contributed by atoms with Gasteiger partial charge in [-0.2, -0.15) is 8.78 Å². The van der Waals surface area contributed by atoms with Crippen molar-refractivity contribution >= 4 is 17.5 Å². The number of hydrogen-bond donors (Lipinski definition) is 1. The van der Waals surface area contributed by atoms with Gasteiger partial charge in [0.05, 0.1) is 0 Å². The molecule has 1 N–H and O–H groups in total. The fourth-order valence-corrected chi connectivity index (χ4v) is 4.13. The maximum atomic E-state index is 13.9. The molecule has 6 heteroatoms. The Hall–Kier alpha value is -1.33. The minimum absolute atomic E-state index is 0.00226. The predicted octanol–water partition coefficient (Wildman–Crippen LogP) is 5.43. The Bertz CT molecular complexity index is 504. The molecule has 0 aliphatic heterocycles. The van der Waals surface area contributed by atoms with E-state index < -0.39 is 17.7 Å². The Labute approximate surface area is 161 Å². The van der Waals surface area contributed by atoms with Gasteiger partial charge in [-0.3, -0.25) is 14.4 Å². The zero-order valence-corrected chi connectivity index (χ0v) is 16.6. The normalized spacial score (nSPS) is 23.0. The Kier molecular flexibility index (Phi) is 10.1. The molecule has 1 aliphatic rings. The molecule has 3 atom stereocenters. The second-order valence-electron chi connectivity index (χ2n) is 8.03. The van der Waals surface area contributed by atoms with Gasteiger partial charge in [0.15, 0.2) is 0 Å². The van der Waals surface area contributed by atoms with Gasteiger partial charge in [0.25, 0.3) is 0 Å². The number of carbonyl (C=O) groups is 3. The van der Waals surface area contributed by atoms with Crippen LogP contribution in [0.1, 0.15) is 90.9 Å². The third-order valence-electron chi connectivity index (χ3n) is 5.80. The van der Waals surface area contributed by atoms with Gasteiger partial charge in [0.2, 0.25) is 5.78 Å². The van der Waals surface area contributed by atoms with Gasteiger partial charge in [0, 0.05) is 31.6 Å². The van der Waals surface area contributed by atoms with E-state index in [9.17, 15) is 23.2 Å². The molecule has 0 spiro atoms. The number of ketones is 2. The van der Waals surface area contributed by atoms with Crippen LogP contribution in [0.15, 0.2) is 0 Å². The zero-order valence-electron chi connectivity index (χ0n) is 16.6. The average molecular weight is 388 g/mol. The number of carbonyl (C=O) groups excluding carboxylic acids is 2. The fraction of sp³-hybridized carbons (Fsp3) is 0.857. The van der Waals surface area contributed by atoms with Crippen LogP contribution in [0.3, 0.4) is 0 Å². The Balaban J connectivity index is 2.45. The number of halogens is 2. The number of alkyl halides is 2. The summed E-state index contributed by atoms with van der Waals surface area (Å²) >= 11 is 0. The van der Waals surface area contributed by atoms with E-state index in [4.69, 9.17) is 5.11 Å². The third kappa shape index (κ3) is 8.06. The van der Waals surface area contributed by atoms with Crippen molar-refractivity contribution in [2.45, 2.75) is 96.8 Å². The van der Waals surface area contributed by atoms with Crippen molar-refractivity contribution < 1.29 is 28.3 Å². The fourth-order valence-electron chi connectivity index (χ4n) is 4.13. The first kappa shape index (κ1) is 23.7. The van der Waals surface area contributed by atoms with Gasteiger partial charge < -0.3 is 5.11 Å². The average Bonchev–Trinajstić information content (AvgIpc) is 2.86. The highest BCUT2D eigenvalue weighted by Crippen LogP contribution is 2.40. The van der Waals surface area contributed by atoms with Crippen LogP contribution in [0, 0.1) is 17.8 Å². The van der Waals surface area contributed by atoms with E-state index in [1.54, 1.807) is 0 Å². The van der Waals surface area contributed by atoms with Gasteiger partial charge in [-0.15, -0.1) is 0 Å². The SMILES string of the molecule is CCCCC(F)(F)C(=O)CC[C@H]1[C@H](C)CC(=O)[C@@H]1CCCCCCC(=O)O. The summed E-state index contributed by atoms with van der Waals surface area (Å²) < 4.78 is 27.7. The molecule has 4 nitrogen and oxygen atoms in total. The number of carboxylic acid groups (broad SMARTS) is 1. The molecule has 1 saturated carbocycles. The number of hydrogen-bond acceptors (Lipinski definition) is 3. The molecule has 0 amide bonds. The molecular formula is C21H34F2O4. The molecule has 1 fully saturated rings. The van der Waals surface area contributed by atoms with Crippen LogP contribution in [0.4, 0.5) is 8.78 Å². The van der Waals surface area contributed by atoms with Crippen LogP contribution in [0.25, 0.3) is 0 Å². The van der Waals surface area contributed by atoms with Crippen LogP contribution in [-0.2, 0) is 14.4 Å². The molecule has 0 saturated heterocycles. The third-order valence-corrected chi connectivity index (χ3v) is 5.80. The van der Waals surface area contributed by atoms with E-state index in [2.05, 4.69) is 0 Å². The number of unbranched alkanes of at least 4 members (excludes halogenated alkanes) is 4. The molecule has 0 heterocycles. The highest BCUT2D eigenvalue weighted by atomic mass is 19.3. The second kappa shape index (κ2) is 11.5. The molecule has 1 aliphatic carbocycles. The van der Waals surface area contributed by atoms with Crippen LogP contribution >= 0.6 is 0 Å². The highest BCUT2D eigenvalue weighted by molar-refractivity contribution is 5.86. The Morgan fingerprint density at radius 2 is 1.74 bits per heavy atom. The summed E-state index contributed by atoms with van der Waals surface area (Å²) in [4.78, 5) is 34.7. The molecule has 156 valence electrons. The van der Waals surface area contributed by atoms with Crippen LogP contribution in [0.5, 0.6) is 0 Å². The molecule has 0 aromatic rings. The largest absolute Gasteiger partial charge is 0.481 e. The van der Waals surface area contributed by atoms with Gasteiger partial charge in [-0.25, -0.2) is 0 Å². The summed E-state index contributed by atoms with van der Waals surface area (Å²) in [5.74, 6) is -4.86. The minimum atomic E-state index is -3.25. The molecule has 0 bridgehead atoms. The van der Waals surface area contributed by atoms with Gasteiger partial charge in [-0.05, 0) is 37.5 Å².